The summed E-state index contributed by atoms with van der Waals surface area (Å²) in [6, 6.07) is 5.68. The number of hydrogen-bond donors (Lipinski definition) is 1. The van der Waals surface area contributed by atoms with Crippen LogP contribution in [0.3, 0.4) is 0 Å². The summed E-state index contributed by atoms with van der Waals surface area (Å²) in [6.07, 6.45) is 2.40. The molecule has 2 atom stereocenters. The van der Waals surface area contributed by atoms with Gasteiger partial charge in [0.05, 0.1) is 26.2 Å². The topological polar surface area (TPSA) is 55.8 Å². The van der Waals surface area contributed by atoms with Crippen LogP contribution in [0.2, 0.25) is 0 Å². The van der Waals surface area contributed by atoms with Crippen LogP contribution in [0.4, 0.5) is 0 Å². The summed E-state index contributed by atoms with van der Waals surface area (Å²) < 4.78 is 10.2. The average molecular weight is 308 g/mol. The Hall–Kier alpha value is -1.46. The first-order chi connectivity index (χ1) is 10.1. The van der Waals surface area contributed by atoms with Crippen LogP contribution in [0.25, 0.3) is 6.08 Å². The zero-order chi connectivity index (χ0) is 15.4. The third-order valence-electron chi connectivity index (χ3n) is 3.58. The van der Waals surface area contributed by atoms with Crippen molar-refractivity contribution in [3.05, 3.63) is 34.2 Å². The summed E-state index contributed by atoms with van der Waals surface area (Å²) in [7, 11) is 2.96. The van der Waals surface area contributed by atoms with E-state index in [1.807, 2.05) is 24.3 Å². The van der Waals surface area contributed by atoms with E-state index in [4.69, 9.17) is 9.47 Å². The van der Waals surface area contributed by atoms with E-state index in [2.05, 4.69) is 0 Å². The zero-order valence-corrected chi connectivity index (χ0v) is 13.3. The van der Waals surface area contributed by atoms with E-state index >= 15 is 0 Å². The highest BCUT2D eigenvalue weighted by Gasteiger charge is 2.21. The number of aliphatic hydroxyl groups excluding tert-OH is 1. The lowest BCUT2D eigenvalue weighted by atomic mass is 9.98. The number of carbonyl (C=O) groups is 1. The number of thioether (sulfide) groups is 1. The molecule has 21 heavy (non-hydrogen) atoms. The van der Waals surface area contributed by atoms with Crippen LogP contribution in [0.1, 0.15) is 30.4 Å². The van der Waals surface area contributed by atoms with Gasteiger partial charge < -0.3 is 14.6 Å². The first-order valence-electron chi connectivity index (χ1n) is 6.85. The summed E-state index contributed by atoms with van der Waals surface area (Å²) in [5, 5.41) is 9.84. The standard InChI is InChI=1S/C16H20O4S/c1-10(16(18)20-3)12-5-4-11(8-14(12)19-2)9-15-13(17)6-7-21-15/h4-5,8-10,13,17H,6-7H2,1-3H3/b15-9-. The predicted octanol–water partition coefficient (Wildman–Crippen LogP) is 2.81. The largest absolute Gasteiger partial charge is 0.496 e. The fourth-order valence-corrected chi connectivity index (χ4v) is 3.41. The molecule has 2 unspecified atom stereocenters. The second-order valence-electron chi connectivity index (χ2n) is 4.95. The first-order valence-corrected chi connectivity index (χ1v) is 7.83. The average Bonchev–Trinajstić information content (AvgIpc) is 2.90. The van der Waals surface area contributed by atoms with Gasteiger partial charge in [-0.15, -0.1) is 11.8 Å². The Morgan fingerprint density at radius 1 is 1.48 bits per heavy atom. The molecule has 0 radical (unpaired) electrons. The number of carbonyl (C=O) groups excluding carboxylic acids is 1. The minimum absolute atomic E-state index is 0.291. The number of ether oxygens (including phenoxy) is 2. The number of esters is 1. The number of aliphatic hydroxyl groups is 1. The van der Waals surface area contributed by atoms with Gasteiger partial charge >= 0.3 is 5.97 Å². The van der Waals surface area contributed by atoms with Crippen LogP contribution in [0.15, 0.2) is 23.1 Å². The highest BCUT2D eigenvalue weighted by molar-refractivity contribution is 8.03. The minimum atomic E-state index is -0.377. The molecule has 0 aromatic heterocycles. The smallest absolute Gasteiger partial charge is 0.312 e. The summed E-state index contributed by atoms with van der Waals surface area (Å²) in [5.41, 5.74) is 1.75. The molecule has 0 saturated carbocycles. The van der Waals surface area contributed by atoms with Gasteiger partial charge in [-0.1, -0.05) is 12.1 Å². The summed E-state index contributed by atoms with van der Waals surface area (Å²) >= 11 is 1.67. The minimum Gasteiger partial charge on any atom is -0.496 e. The maximum absolute atomic E-state index is 11.7. The third-order valence-corrected chi connectivity index (χ3v) is 4.74. The lowest BCUT2D eigenvalue weighted by molar-refractivity contribution is -0.142. The van der Waals surface area contributed by atoms with Crippen molar-refractivity contribution in [2.45, 2.75) is 25.4 Å². The quantitative estimate of drug-likeness (QED) is 0.867. The van der Waals surface area contributed by atoms with E-state index in [0.29, 0.717) is 5.75 Å². The monoisotopic (exact) mass is 308 g/mol. The Bertz CT molecular complexity index is 553. The van der Waals surface area contributed by atoms with Crippen LogP contribution in [-0.4, -0.2) is 37.2 Å². The maximum atomic E-state index is 11.7. The second kappa shape index (κ2) is 7.00. The van der Waals surface area contributed by atoms with E-state index in [1.165, 1.54) is 7.11 Å². The van der Waals surface area contributed by atoms with Gasteiger partial charge in [-0.3, -0.25) is 4.79 Å². The van der Waals surface area contributed by atoms with Crippen LogP contribution < -0.4 is 4.74 Å². The molecule has 1 aliphatic rings. The third kappa shape index (κ3) is 3.60. The van der Waals surface area contributed by atoms with Gasteiger partial charge in [-0.2, -0.15) is 0 Å². The molecule has 5 heteroatoms. The van der Waals surface area contributed by atoms with Crippen molar-refractivity contribution in [3.8, 4) is 5.75 Å². The molecule has 0 amide bonds. The van der Waals surface area contributed by atoms with Crippen LogP contribution in [0.5, 0.6) is 5.75 Å². The van der Waals surface area contributed by atoms with Crippen molar-refractivity contribution < 1.29 is 19.4 Å². The molecule has 1 N–H and O–H groups in total. The summed E-state index contributed by atoms with van der Waals surface area (Å²) in [6.45, 7) is 1.79. The van der Waals surface area contributed by atoms with Gasteiger partial charge in [-0.05, 0) is 31.1 Å². The van der Waals surface area contributed by atoms with Crippen LogP contribution in [0, 0.1) is 0 Å². The fourth-order valence-electron chi connectivity index (χ4n) is 2.31. The SMILES string of the molecule is COC(=O)C(C)c1ccc(/C=C2\SCCC2O)cc1OC. The van der Waals surface area contributed by atoms with Gasteiger partial charge in [0.15, 0.2) is 0 Å². The fraction of sp³-hybridized carbons (Fsp3) is 0.438. The molecule has 0 spiro atoms. The van der Waals surface area contributed by atoms with Crippen molar-refractivity contribution in [2.24, 2.45) is 0 Å². The molecule has 0 aliphatic carbocycles. The molecule has 1 saturated heterocycles. The van der Waals surface area contributed by atoms with E-state index in [1.54, 1.807) is 25.8 Å². The van der Waals surface area contributed by atoms with Crippen molar-refractivity contribution >= 4 is 23.8 Å². The Kier molecular flexibility index (Phi) is 5.31. The lowest BCUT2D eigenvalue weighted by Crippen LogP contribution is -2.12. The van der Waals surface area contributed by atoms with E-state index in [0.717, 1.165) is 28.2 Å². The maximum Gasteiger partial charge on any atom is 0.312 e. The highest BCUT2D eigenvalue weighted by atomic mass is 32.2. The lowest BCUT2D eigenvalue weighted by Gasteiger charge is -2.14. The Morgan fingerprint density at radius 2 is 2.24 bits per heavy atom. The van der Waals surface area contributed by atoms with Gasteiger partial charge in [-0.25, -0.2) is 0 Å². The van der Waals surface area contributed by atoms with Gasteiger partial charge in [0, 0.05) is 16.2 Å². The van der Waals surface area contributed by atoms with Gasteiger partial charge in [0.25, 0.3) is 0 Å². The molecule has 1 aromatic rings. The van der Waals surface area contributed by atoms with Crippen LogP contribution in [-0.2, 0) is 9.53 Å². The van der Waals surface area contributed by atoms with E-state index < -0.39 is 0 Å². The first kappa shape index (κ1) is 15.9. The van der Waals surface area contributed by atoms with E-state index in [9.17, 15) is 9.90 Å². The zero-order valence-electron chi connectivity index (χ0n) is 12.5. The molecular weight excluding hydrogens is 288 g/mol. The number of methoxy groups -OCH3 is 2. The molecule has 0 bridgehead atoms. The van der Waals surface area contributed by atoms with Crippen molar-refractivity contribution in [1.29, 1.82) is 0 Å². The molecule has 114 valence electrons. The highest BCUT2D eigenvalue weighted by Crippen LogP contribution is 2.34. The van der Waals surface area contributed by atoms with Crippen molar-refractivity contribution in [1.82, 2.24) is 0 Å². The molecule has 4 nitrogen and oxygen atoms in total. The number of hydrogen-bond acceptors (Lipinski definition) is 5. The normalized spacial score (nSPS) is 21.3. The van der Waals surface area contributed by atoms with Crippen molar-refractivity contribution in [3.63, 3.8) is 0 Å². The van der Waals surface area contributed by atoms with Gasteiger partial charge in [0.1, 0.15) is 5.75 Å². The molecular formula is C16H20O4S. The molecule has 1 aromatic carbocycles. The number of benzene rings is 1. The second-order valence-corrected chi connectivity index (χ2v) is 6.11. The van der Waals surface area contributed by atoms with E-state index in [-0.39, 0.29) is 18.0 Å². The van der Waals surface area contributed by atoms with Crippen LogP contribution >= 0.6 is 11.8 Å². The Labute approximate surface area is 129 Å². The molecule has 1 aliphatic heterocycles. The molecule has 2 rings (SSSR count). The van der Waals surface area contributed by atoms with Crippen molar-refractivity contribution in [2.75, 3.05) is 20.0 Å². The Balaban J connectivity index is 2.30. The molecule has 1 heterocycles. The summed E-state index contributed by atoms with van der Waals surface area (Å²) in [4.78, 5) is 12.6. The predicted molar refractivity (Wildman–Crippen MR) is 84.5 cm³/mol. The summed E-state index contributed by atoms with van der Waals surface area (Å²) in [5.74, 6) is 0.931. The number of rotatable bonds is 4. The molecule has 1 fully saturated rings. The Morgan fingerprint density at radius 3 is 2.81 bits per heavy atom. The van der Waals surface area contributed by atoms with Gasteiger partial charge in [0.2, 0.25) is 0 Å².